The van der Waals surface area contributed by atoms with Crippen LogP contribution in [-0.2, 0) is 4.79 Å². The first-order valence-corrected chi connectivity index (χ1v) is 9.42. The molecule has 0 spiro atoms. The highest BCUT2D eigenvalue weighted by Gasteiger charge is 2.35. The molecule has 0 saturated heterocycles. The molecule has 7 heteroatoms. The second kappa shape index (κ2) is 7.65. The summed E-state index contributed by atoms with van der Waals surface area (Å²) in [5.74, 6) is -1.18. The predicted molar refractivity (Wildman–Crippen MR) is 114 cm³/mol. The van der Waals surface area contributed by atoms with E-state index < -0.39 is 11.8 Å². The SMILES string of the molecule is CC(=O)Nc1cccc(C2=C(C#N)C(c3ccc4[nH]ncc4c3)C(C#N)C(C)=N2)c1. The Balaban J connectivity index is 1.89. The van der Waals surface area contributed by atoms with Crippen molar-refractivity contribution in [3.63, 3.8) is 0 Å². The van der Waals surface area contributed by atoms with Crippen molar-refractivity contribution in [2.45, 2.75) is 19.8 Å². The number of amides is 1. The largest absolute Gasteiger partial charge is 0.326 e. The molecule has 2 N–H and O–H groups in total. The molecule has 0 aliphatic carbocycles. The molecule has 1 aliphatic rings. The van der Waals surface area contributed by atoms with Gasteiger partial charge in [0.1, 0.15) is 0 Å². The Hall–Kier alpha value is -4.23. The Kier molecular flexibility index (Phi) is 4.87. The lowest BCUT2D eigenvalue weighted by molar-refractivity contribution is -0.114. The summed E-state index contributed by atoms with van der Waals surface area (Å²) in [6.45, 7) is 3.25. The first-order chi connectivity index (χ1) is 14.5. The number of hydrogen-bond donors (Lipinski definition) is 2. The molecule has 0 fully saturated rings. The van der Waals surface area contributed by atoms with E-state index in [0.29, 0.717) is 28.2 Å². The van der Waals surface area contributed by atoms with E-state index in [1.54, 1.807) is 24.4 Å². The van der Waals surface area contributed by atoms with Gasteiger partial charge in [-0.15, -0.1) is 0 Å². The Morgan fingerprint density at radius 3 is 2.77 bits per heavy atom. The first kappa shape index (κ1) is 19.1. The highest BCUT2D eigenvalue weighted by atomic mass is 16.1. The average molecular weight is 394 g/mol. The zero-order valence-electron chi connectivity index (χ0n) is 16.5. The molecular formula is C23H18N6O. The van der Waals surface area contributed by atoms with E-state index in [4.69, 9.17) is 0 Å². The number of H-pyrrole nitrogens is 1. The maximum atomic E-state index is 11.4. The van der Waals surface area contributed by atoms with Crippen molar-refractivity contribution in [3.05, 3.63) is 65.4 Å². The third-order valence-corrected chi connectivity index (χ3v) is 5.18. The van der Waals surface area contributed by atoms with Gasteiger partial charge in [-0.1, -0.05) is 18.2 Å². The van der Waals surface area contributed by atoms with E-state index in [0.717, 1.165) is 16.5 Å². The van der Waals surface area contributed by atoms with Gasteiger partial charge < -0.3 is 5.32 Å². The number of aromatic nitrogens is 2. The quantitative estimate of drug-likeness (QED) is 0.693. The van der Waals surface area contributed by atoms with Crippen LogP contribution in [0.25, 0.3) is 16.6 Å². The normalized spacial score (nSPS) is 18.5. The minimum absolute atomic E-state index is 0.180. The van der Waals surface area contributed by atoms with Gasteiger partial charge in [-0.05, 0) is 36.8 Å². The van der Waals surface area contributed by atoms with E-state index in [2.05, 4.69) is 32.6 Å². The lowest BCUT2D eigenvalue weighted by Crippen LogP contribution is -2.25. The maximum absolute atomic E-state index is 11.4. The zero-order chi connectivity index (χ0) is 21.3. The van der Waals surface area contributed by atoms with Crippen LogP contribution in [0.4, 0.5) is 5.69 Å². The van der Waals surface area contributed by atoms with Crippen molar-refractivity contribution >= 4 is 33.9 Å². The molecule has 3 aromatic rings. The molecule has 0 bridgehead atoms. The highest BCUT2D eigenvalue weighted by molar-refractivity contribution is 5.98. The van der Waals surface area contributed by atoms with Gasteiger partial charge in [0.2, 0.25) is 5.91 Å². The summed E-state index contributed by atoms with van der Waals surface area (Å²) < 4.78 is 0. The fourth-order valence-corrected chi connectivity index (χ4v) is 3.83. The number of hydrogen-bond acceptors (Lipinski definition) is 5. The summed E-state index contributed by atoms with van der Waals surface area (Å²) in [5.41, 5.74) is 4.67. The number of anilines is 1. The molecule has 1 aliphatic heterocycles. The van der Waals surface area contributed by atoms with Gasteiger partial charge in [0.05, 0.1) is 41.0 Å². The lowest BCUT2D eigenvalue weighted by atomic mass is 9.76. The summed E-state index contributed by atoms with van der Waals surface area (Å²) >= 11 is 0. The van der Waals surface area contributed by atoms with Gasteiger partial charge in [-0.3, -0.25) is 14.9 Å². The molecule has 2 atom stereocenters. The summed E-state index contributed by atoms with van der Waals surface area (Å²) in [5, 5.41) is 30.6. The third kappa shape index (κ3) is 3.34. The molecule has 2 heterocycles. The third-order valence-electron chi connectivity index (χ3n) is 5.18. The number of carbonyl (C=O) groups is 1. The molecule has 2 aromatic carbocycles. The van der Waals surface area contributed by atoms with Crippen LogP contribution >= 0.6 is 0 Å². The number of allylic oxidation sites excluding steroid dienone is 1. The van der Waals surface area contributed by atoms with Crippen molar-refractivity contribution in [1.29, 1.82) is 10.5 Å². The van der Waals surface area contributed by atoms with Crippen LogP contribution in [0, 0.1) is 28.6 Å². The van der Waals surface area contributed by atoms with E-state index in [1.165, 1.54) is 6.92 Å². The minimum Gasteiger partial charge on any atom is -0.326 e. The van der Waals surface area contributed by atoms with Crippen LogP contribution in [-0.4, -0.2) is 21.8 Å². The Bertz CT molecular complexity index is 1300. The van der Waals surface area contributed by atoms with Crippen LogP contribution in [0.5, 0.6) is 0 Å². The van der Waals surface area contributed by atoms with Gasteiger partial charge in [-0.25, -0.2) is 0 Å². The summed E-state index contributed by atoms with van der Waals surface area (Å²) in [6, 6.07) is 17.6. The van der Waals surface area contributed by atoms with Gasteiger partial charge in [0, 0.05) is 35.2 Å². The number of carbonyl (C=O) groups excluding carboxylic acids is 1. The van der Waals surface area contributed by atoms with Gasteiger partial charge in [0.15, 0.2) is 0 Å². The molecule has 2 unspecified atom stereocenters. The lowest BCUT2D eigenvalue weighted by Gasteiger charge is -2.28. The average Bonchev–Trinajstić information content (AvgIpc) is 3.20. The smallest absolute Gasteiger partial charge is 0.221 e. The van der Waals surface area contributed by atoms with Crippen molar-refractivity contribution in [2.75, 3.05) is 5.32 Å². The molecule has 4 rings (SSSR count). The van der Waals surface area contributed by atoms with Crippen LogP contribution < -0.4 is 5.32 Å². The summed E-state index contributed by atoms with van der Waals surface area (Å²) in [4.78, 5) is 16.1. The molecule has 0 saturated carbocycles. The topological polar surface area (TPSA) is 118 Å². The van der Waals surface area contributed by atoms with E-state index in [9.17, 15) is 15.3 Å². The molecule has 0 radical (unpaired) electrons. The van der Waals surface area contributed by atoms with E-state index >= 15 is 0 Å². The number of benzene rings is 2. The summed E-state index contributed by atoms with van der Waals surface area (Å²) in [7, 11) is 0. The fraction of sp³-hybridized carbons (Fsp3) is 0.174. The summed E-state index contributed by atoms with van der Waals surface area (Å²) in [6.07, 6.45) is 1.72. The molecule has 7 nitrogen and oxygen atoms in total. The van der Waals surface area contributed by atoms with Crippen LogP contribution in [0.3, 0.4) is 0 Å². The Morgan fingerprint density at radius 1 is 1.20 bits per heavy atom. The number of aromatic amines is 1. The Labute approximate surface area is 173 Å². The number of nitrogens with zero attached hydrogens (tertiary/aromatic N) is 4. The predicted octanol–water partition coefficient (Wildman–Crippen LogP) is 4.15. The molecule has 146 valence electrons. The van der Waals surface area contributed by atoms with Crippen LogP contribution in [0.1, 0.15) is 30.9 Å². The van der Waals surface area contributed by atoms with Gasteiger partial charge >= 0.3 is 0 Å². The number of fused-ring (bicyclic) bond motifs is 1. The van der Waals surface area contributed by atoms with Gasteiger partial charge in [0.25, 0.3) is 0 Å². The fourth-order valence-electron chi connectivity index (χ4n) is 3.83. The highest BCUT2D eigenvalue weighted by Crippen LogP contribution is 2.42. The number of rotatable bonds is 3. The number of aliphatic imine (C=N–C) groups is 1. The standard InChI is InChI=1S/C23H18N6O/c1-13-19(10-24)22(15-6-7-21-17(8-15)12-26-29-21)20(11-25)23(27-13)16-4-3-5-18(9-16)28-14(2)30/h3-9,12,19,22H,1-2H3,(H,26,29)(H,28,30). The van der Waals surface area contributed by atoms with Crippen molar-refractivity contribution in [2.24, 2.45) is 10.9 Å². The van der Waals surface area contributed by atoms with Crippen LogP contribution in [0.15, 0.2) is 59.2 Å². The van der Waals surface area contributed by atoms with Crippen molar-refractivity contribution in [1.82, 2.24) is 10.2 Å². The first-order valence-electron chi connectivity index (χ1n) is 9.42. The monoisotopic (exact) mass is 394 g/mol. The van der Waals surface area contributed by atoms with Crippen molar-refractivity contribution < 1.29 is 4.79 Å². The molecular weight excluding hydrogens is 376 g/mol. The second-order valence-corrected chi connectivity index (χ2v) is 7.19. The van der Waals surface area contributed by atoms with E-state index in [1.807, 2.05) is 31.2 Å². The van der Waals surface area contributed by atoms with Crippen molar-refractivity contribution in [3.8, 4) is 12.1 Å². The maximum Gasteiger partial charge on any atom is 0.221 e. The Morgan fingerprint density at radius 2 is 2.03 bits per heavy atom. The number of nitriles is 2. The van der Waals surface area contributed by atoms with Gasteiger partial charge in [-0.2, -0.15) is 15.6 Å². The second-order valence-electron chi connectivity index (χ2n) is 7.19. The zero-order valence-corrected chi connectivity index (χ0v) is 16.5. The molecule has 1 aromatic heterocycles. The molecule has 1 amide bonds. The van der Waals surface area contributed by atoms with Crippen LogP contribution in [0.2, 0.25) is 0 Å². The van der Waals surface area contributed by atoms with E-state index in [-0.39, 0.29) is 5.91 Å². The minimum atomic E-state index is -0.550. The molecule has 30 heavy (non-hydrogen) atoms. The number of nitrogens with one attached hydrogen (secondary N) is 2.